The predicted octanol–water partition coefficient (Wildman–Crippen LogP) is 2.31. The number of nitrogens with one attached hydrogen (secondary N) is 1. The van der Waals surface area contributed by atoms with E-state index in [9.17, 15) is 14.0 Å². The second-order valence-corrected chi connectivity index (χ2v) is 5.03. The normalized spacial score (nSPS) is 20.1. The lowest BCUT2D eigenvalue weighted by atomic mass is 10.1. The van der Waals surface area contributed by atoms with Crippen LogP contribution in [0.3, 0.4) is 0 Å². The van der Waals surface area contributed by atoms with Crippen LogP contribution in [-0.2, 0) is 0 Å². The van der Waals surface area contributed by atoms with Gasteiger partial charge in [0.1, 0.15) is 5.83 Å². The van der Waals surface area contributed by atoms with E-state index in [2.05, 4.69) is 5.32 Å². The summed E-state index contributed by atoms with van der Waals surface area (Å²) >= 11 is 0. The van der Waals surface area contributed by atoms with Gasteiger partial charge in [-0.05, 0) is 37.1 Å². The molecule has 1 aromatic carbocycles. The highest BCUT2D eigenvalue weighted by atomic mass is 35.5. The van der Waals surface area contributed by atoms with Gasteiger partial charge in [-0.1, -0.05) is 12.1 Å². The lowest BCUT2D eigenvalue weighted by molar-refractivity contribution is 0.0659. The zero-order valence-electron chi connectivity index (χ0n) is 11.4. The zero-order valence-corrected chi connectivity index (χ0v) is 12.2. The zero-order chi connectivity index (χ0) is 14.1. The van der Waals surface area contributed by atoms with Crippen molar-refractivity contribution in [3.05, 3.63) is 46.8 Å². The fraction of sp³-hybridized carbons (Fsp3) is 0.333. The van der Waals surface area contributed by atoms with Gasteiger partial charge in [-0.25, -0.2) is 4.39 Å². The number of hydrogen-bond donors (Lipinski definition) is 1. The standard InChI is InChI=1S/C15H15FN2O2.ClH/c16-13(10-4-3-7-17-8-10)9-18-14(19)11-5-1-2-6-12(11)15(18)20;/h1-2,5-6,17H,3-4,7-9H2;1H/b13-10+;. The molecule has 0 atom stereocenters. The second-order valence-electron chi connectivity index (χ2n) is 5.03. The van der Waals surface area contributed by atoms with Crippen LogP contribution in [0.15, 0.2) is 35.7 Å². The number of rotatable bonds is 2. The van der Waals surface area contributed by atoms with Crippen molar-refractivity contribution in [2.75, 3.05) is 19.6 Å². The van der Waals surface area contributed by atoms with E-state index in [1.54, 1.807) is 24.3 Å². The Morgan fingerprint density at radius 2 is 1.81 bits per heavy atom. The van der Waals surface area contributed by atoms with Gasteiger partial charge < -0.3 is 5.32 Å². The Balaban J connectivity index is 0.00000161. The fourth-order valence-electron chi connectivity index (χ4n) is 2.62. The summed E-state index contributed by atoms with van der Waals surface area (Å²) in [5.74, 6) is -1.19. The molecule has 2 aliphatic rings. The van der Waals surface area contributed by atoms with E-state index in [4.69, 9.17) is 0 Å². The first-order chi connectivity index (χ1) is 9.68. The van der Waals surface area contributed by atoms with Gasteiger partial charge in [0.15, 0.2) is 0 Å². The molecule has 2 heterocycles. The summed E-state index contributed by atoms with van der Waals surface area (Å²) in [4.78, 5) is 25.2. The van der Waals surface area contributed by atoms with Crippen molar-refractivity contribution in [2.45, 2.75) is 12.8 Å². The fourth-order valence-corrected chi connectivity index (χ4v) is 2.62. The summed E-state index contributed by atoms with van der Waals surface area (Å²) in [6.07, 6.45) is 1.56. The first-order valence-corrected chi connectivity index (χ1v) is 6.71. The Morgan fingerprint density at radius 1 is 1.19 bits per heavy atom. The monoisotopic (exact) mass is 310 g/mol. The van der Waals surface area contributed by atoms with Crippen molar-refractivity contribution >= 4 is 24.2 Å². The molecule has 1 fully saturated rings. The van der Waals surface area contributed by atoms with Crippen molar-refractivity contribution in [2.24, 2.45) is 0 Å². The van der Waals surface area contributed by atoms with Crippen molar-refractivity contribution in [3.8, 4) is 0 Å². The number of carbonyl (C=O) groups excluding carboxylic acids is 2. The van der Waals surface area contributed by atoms with Gasteiger partial charge >= 0.3 is 0 Å². The van der Waals surface area contributed by atoms with Gasteiger partial charge in [0.05, 0.1) is 17.7 Å². The smallest absolute Gasteiger partial charge is 0.261 e. The van der Waals surface area contributed by atoms with Gasteiger partial charge in [0, 0.05) is 6.54 Å². The Morgan fingerprint density at radius 3 is 2.33 bits per heavy atom. The van der Waals surface area contributed by atoms with E-state index < -0.39 is 11.8 Å². The molecule has 0 aromatic heterocycles. The average molecular weight is 311 g/mol. The number of halogens is 2. The summed E-state index contributed by atoms with van der Waals surface area (Å²) in [6.45, 7) is 1.11. The van der Waals surface area contributed by atoms with Crippen LogP contribution in [0.5, 0.6) is 0 Å². The molecule has 2 amide bonds. The number of piperidine rings is 1. The number of fused-ring (bicyclic) bond motifs is 1. The van der Waals surface area contributed by atoms with Crippen molar-refractivity contribution < 1.29 is 14.0 Å². The molecule has 2 aliphatic heterocycles. The molecular weight excluding hydrogens is 295 g/mol. The van der Waals surface area contributed by atoms with Crippen LogP contribution in [0.4, 0.5) is 4.39 Å². The molecule has 112 valence electrons. The van der Waals surface area contributed by atoms with Crippen LogP contribution < -0.4 is 5.32 Å². The van der Waals surface area contributed by atoms with Crippen LogP contribution in [0.2, 0.25) is 0 Å². The van der Waals surface area contributed by atoms with Crippen molar-refractivity contribution in [1.82, 2.24) is 10.2 Å². The minimum Gasteiger partial charge on any atom is -0.313 e. The molecule has 3 rings (SSSR count). The highest BCUT2D eigenvalue weighted by Gasteiger charge is 2.35. The van der Waals surface area contributed by atoms with E-state index in [0.29, 0.717) is 29.7 Å². The molecule has 1 aromatic rings. The van der Waals surface area contributed by atoms with E-state index >= 15 is 0 Å². The molecule has 6 heteroatoms. The molecule has 0 aliphatic carbocycles. The lowest BCUT2D eigenvalue weighted by Crippen LogP contribution is -2.32. The van der Waals surface area contributed by atoms with Gasteiger partial charge in [-0.3, -0.25) is 14.5 Å². The third kappa shape index (κ3) is 2.84. The topological polar surface area (TPSA) is 49.4 Å². The molecule has 0 unspecified atom stereocenters. The number of imide groups is 1. The van der Waals surface area contributed by atoms with Crippen LogP contribution in [0.25, 0.3) is 0 Å². The van der Waals surface area contributed by atoms with E-state index in [1.165, 1.54) is 0 Å². The van der Waals surface area contributed by atoms with Crippen LogP contribution >= 0.6 is 12.4 Å². The Labute approximate surface area is 128 Å². The maximum Gasteiger partial charge on any atom is 0.261 e. The highest BCUT2D eigenvalue weighted by Crippen LogP contribution is 2.25. The summed E-state index contributed by atoms with van der Waals surface area (Å²) in [7, 11) is 0. The van der Waals surface area contributed by atoms with Gasteiger partial charge in [-0.15, -0.1) is 12.4 Å². The van der Waals surface area contributed by atoms with Crippen LogP contribution in [0, 0.1) is 0 Å². The summed E-state index contributed by atoms with van der Waals surface area (Å²) < 4.78 is 14.2. The maximum absolute atomic E-state index is 14.2. The minimum absolute atomic E-state index is 0. The van der Waals surface area contributed by atoms with Crippen LogP contribution in [0.1, 0.15) is 33.6 Å². The minimum atomic E-state index is -0.412. The molecule has 0 spiro atoms. The first kappa shape index (κ1) is 15.7. The first-order valence-electron chi connectivity index (χ1n) is 6.71. The largest absolute Gasteiger partial charge is 0.313 e. The lowest BCUT2D eigenvalue weighted by Gasteiger charge is -2.19. The summed E-state index contributed by atoms with van der Waals surface area (Å²) in [5.41, 5.74) is 1.38. The molecule has 1 saturated heterocycles. The van der Waals surface area contributed by atoms with E-state index in [0.717, 1.165) is 17.9 Å². The Kier molecular flexibility index (Phi) is 4.75. The number of nitrogens with zero attached hydrogens (tertiary/aromatic N) is 1. The quantitative estimate of drug-likeness (QED) is 0.853. The van der Waals surface area contributed by atoms with Crippen LogP contribution in [-0.4, -0.2) is 36.3 Å². The Hall–Kier alpha value is -1.72. The molecular formula is C15H16ClFN2O2. The molecule has 0 saturated carbocycles. The summed E-state index contributed by atoms with van der Waals surface area (Å²) in [5, 5.41) is 3.09. The number of benzene rings is 1. The molecule has 21 heavy (non-hydrogen) atoms. The third-order valence-corrected chi connectivity index (χ3v) is 3.73. The van der Waals surface area contributed by atoms with Gasteiger partial charge in [0.2, 0.25) is 0 Å². The number of amides is 2. The van der Waals surface area contributed by atoms with E-state index in [1.807, 2.05) is 0 Å². The molecule has 1 N–H and O–H groups in total. The number of hydrogen-bond acceptors (Lipinski definition) is 3. The van der Waals surface area contributed by atoms with Gasteiger partial charge in [0.25, 0.3) is 11.8 Å². The SMILES string of the molecule is Cl.O=C1c2ccccc2C(=O)N1C/C(F)=C1/CCCNC1. The van der Waals surface area contributed by atoms with Crippen molar-refractivity contribution in [3.63, 3.8) is 0 Å². The number of carbonyl (C=O) groups is 2. The van der Waals surface area contributed by atoms with Gasteiger partial charge in [-0.2, -0.15) is 0 Å². The summed E-state index contributed by atoms with van der Waals surface area (Å²) in [6, 6.07) is 6.60. The third-order valence-electron chi connectivity index (χ3n) is 3.73. The molecule has 0 radical (unpaired) electrons. The predicted molar refractivity (Wildman–Crippen MR) is 79.3 cm³/mol. The average Bonchev–Trinajstić information content (AvgIpc) is 2.74. The van der Waals surface area contributed by atoms with Crippen molar-refractivity contribution in [1.29, 1.82) is 0 Å². The molecule has 0 bridgehead atoms. The second kappa shape index (κ2) is 6.37. The highest BCUT2D eigenvalue weighted by molar-refractivity contribution is 6.21. The molecule has 4 nitrogen and oxygen atoms in total. The maximum atomic E-state index is 14.2. The Bertz CT molecular complexity index is 572. The van der Waals surface area contributed by atoms with E-state index in [-0.39, 0.29) is 24.8 Å².